The number of nitrogens with zero attached hydrogens (tertiary/aromatic N) is 3. The summed E-state index contributed by atoms with van der Waals surface area (Å²) in [6.45, 7) is 4.15. The molecular formula is C22H17BrN4S. The van der Waals surface area contributed by atoms with Crippen molar-refractivity contribution in [2.75, 3.05) is 0 Å². The van der Waals surface area contributed by atoms with Gasteiger partial charge in [0.25, 0.3) is 0 Å². The Bertz CT molecular complexity index is 1190. The number of allylic oxidation sites excluding steroid dienone is 1. The summed E-state index contributed by atoms with van der Waals surface area (Å²) in [5.74, 6) is 0. The summed E-state index contributed by atoms with van der Waals surface area (Å²) in [6.07, 6.45) is 1.93. The van der Waals surface area contributed by atoms with E-state index in [0.29, 0.717) is 4.91 Å². The molecule has 0 saturated heterocycles. The van der Waals surface area contributed by atoms with Crippen LogP contribution >= 0.6 is 27.7 Å². The summed E-state index contributed by atoms with van der Waals surface area (Å²) in [4.78, 5) is 8.40. The third-order valence-electron chi connectivity index (χ3n) is 4.53. The van der Waals surface area contributed by atoms with E-state index in [4.69, 9.17) is 0 Å². The number of imidazole rings is 1. The lowest BCUT2D eigenvalue weighted by Gasteiger charge is -2.09. The highest BCUT2D eigenvalue weighted by molar-refractivity contribution is 9.10. The molecular weight excluding hydrogens is 432 g/mol. The predicted molar refractivity (Wildman–Crippen MR) is 118 cm³/mol. The monoisotopic (exact) mass is 448 g/mol. The quantitative estimate of drug-likeness (QED) is 0.290. The Kier molecular flexibility index (Phi) is 5.12. The van der Waals surface area contributed by atoms with Crippen molar-refractivity contribution in [3.8, 4) is 11.8 Å². The van der Waals surface area contributed by atoms with Crippen LogP contribution in [-0.2, 0) is 0 Å². The fraction of sp³-hybridized carbons (Fsp3) is 0.0909. The largest absolute Gasteiger partial charge is 0.333 e. The smallest absolute Gasteiger partial charge is 0.171 e. The highest BCUT2D eigenvalue weighted by Crippen LogP contribution is 2.30. The molecule has 28 heavy (non-hydrogen) atoms. The third-order valence-corrected chi connectivity index (χ3v) is 5.87. The second-order valence-electron chi connectivity index (χ2n) is 6.42. The SMILES string of the molecule is Cc1cc(/C=C(\C#N)Sc2nc3ccccc3[nH]2)c(C)n1-c1ccc(Br)cc1. The van der Waals surface area contributed by atoms with Gasteiger partial charge in [0, 0.05) is 21.5 Å². The molecule has 0 aliphatic heterocycles. The number of aromatic nitrogens is 3. The molecule has 4 aromatic rings. The number of nitrogens with one attached hydrogen (secondary N) is 1. The molecule has 1 N–H and O–H groups in total. The van der Waals surface area contributed by atoms with Gasteiger partial charge in [0.2, 0.25) is 0 Å². The molecule has 4 nitrogen and oxygen atoms in total. The molecule has 138 valence electrons. The van der Waals surface area contributed by atoms with Crippen LogP contribution in [0, 0.1) is 25.2 Å². The Morgan fingerprint density at radius 1 is 1.18 bits per heavy atom. The molecule has 6 heteroatoms. The predicted octanol–water partition coefficient (Wildman–Crippen LogP) is 6.39. The van der Waals surface area contributed by atoms with Gasteiger partial charge in [-0.15, -0.1) is 0 Å². The second kappa shape index (κ2) is 7.70. The van der Waals surface area contributed by atoms with Crippen LogP contribution in [-0.4, -0.2) is 14.5 Å². The number of halogens is 1. The van der Waals surface area contributed by atoms with Crippen LogP contribution in [0.1, 0.15) is 17.0 Å². The zero-order chi connectivity index (χ0) is 19.7. The molecule has 4 rings (SSSR count). The maximum atomic E-state index is 9.65. The standard InChI is InChI=1S/C22H17BrN4S/c1-14-11-16(15(2)27(14)18-9-7-17(23)8-10-18)12-19(13-24)28-22-25-20-5-3-4-6-21(20)26-22/h3-12H,1-2H3,(H,25,26)/b19-12+. The molecule has 0 aliphatic rings. The topological polar surface area (TPSA) is 57.4 Å². The van der Waals surface area contributed by atoms with Crippen molar-refractivity contribution >= 4 is 44.8 Å². The number of benzene rings is 2. The first-order valence-electron chi connectivity index (χ1n) is 8.74. The first kappa shape index (κ1) is 18.6. The Labute approximate surface area is 176 Å². The van der Waals surface area contributed by atoms with Gasteiger partial charge in [0.05, 0.1) is 15.9 Å². The molecule has 0 radical (unpaired) electrons. The molecule has 0 bridgehead atoms. The fourth-order valence-corrected chi connectivity index (χ4v) is 4.24. The van der Waals surface area contributed by atoms with Gasteiger partial charge in [-0.1, -0.05) is 28.1 Å². The van der Waals surface area contributed by atoms with Crippen molar-refractivity contribution in [3.63, 3.8) is 0 Å². The van der Waals surface area contributed by atoms with Crippen LogP contribution in [0.5, 0.6) is 0 Å². The van der Waals surface area contributed by atoms with Gasteiger partial charge in [-0.2, -0.15) is 5.26 Å². The van der Waals surface area contributed by atoms with Gasteiger partial charge < -0.3 is 9.55 Å². The molecule has 2 aromatic carbocycles. The van der Waals surface area contributed by atoms with Crippen LogP contribution in [0.2, 0.25) is 0 Å². The number of rotatable bonds is 4. The van der Waals surface area contributed by atoms with Crippen molar-refractivity contribution in [2.45, 2.75) is 19.0 Å². The van der Waals surface area contributed by atoms with Crippen LogP contribution in [0.15, 0.2) is 69.1 Å². The maximum absolute atomic E-state index is 9.65. The number of aromatic amines is 1. The molecule has 0 aliphatic carbocycles. The lowest BCUT2D eigenvalue weighted by atomic mass is 10.2. The van der Waals surface area contributed by atoms with Gasteiger partial charge >= 0.3 is 0 Å². The van der Waals surface area contributed by atoms with Crippen molar-refractivity contribution in [1.82, 2.24) is 14.5 Å². The minimum absolute atomic E-state index is 0.593. The minimum atomic E-state index is 0.593. The Hall–Kier alpha value is -2.75. The van der Waals surface area contributed by atoms with Gasteiger partial charge in [-0.05, 0) is 79.7 Å². The summed E-state index contributed by atoms with van der Waals surface area (Å²) in [7, 11) is 0. The molecule has 0 unspecified atom stereocenters. The number of fused-ring (bicyclic) bond motifs is 1. The number of para-hydroxylation sites is 2. The van der Waals surface area contributed by atoms with Crippen LogP contribution in [0.3, 0.4) is 0 Å². The van der Waals surface area contributed by atoms with E-state index < -0.39 is 0 Å². The molecule has 2 aromatic heterocycles. The number of H-pyrrole nitrogens is 1. The Morgan fingerprint density at radius 2 is 1.93 bits per heavy atom. The zero-order valence-electron chi connectivity index (χ0n) is 15.4. The normalized spacial score (nSPS) is 11.7. The molecule has 0 atom stereocenters. The number of hydrogen-bond donors (Lipinski definition) is 1. The summed E-state index contributed by atoms with van der Waals surface area (Å²) in [5.41, 5.74) is 6.21. The molecule has 2 heterocycles. The summed E-state index contributed by atoms with van der Waals surface area (Å²) in [6, 6.07) is 20.5. The maximum Gasteiger partial charge on any atom is 0.171 e. The summed E-state index contributed by atoms with van der Waals surface area (Å²) in [5, 5.41) is 10.4. The van der Waals surface area contributed by atoms with E-state index in [1.807, 2.05) is 42.5 Å². The average Bonchev–Trinajstić information content (AvgIpc) is 3.22. The lowest BCUT2D eigenvalue weighted by Crippen LogP contribution is -1.98. The van der Waals surface area contributed by atoms with Crippen molar-refractivity contribution in [1.29, 1.82) is 5.26 Å². The van der Waals surface area contributed by atoms with Gasteiger partial charge in [-0.3, -0.25) is 0 Å². The van der Waals surface area contributed by atoms with E-state index in [2.05, 4.69) is 68.6 Å². The average molecular weight is 449 g/mol. The minimum Gasteiger partial charge on any atom is -0.333 e. The van der Waals surface area contributed by atoms with Gasteiger partial charge in [0.15, 0.2) is 5.16 Å². The lowest BCUT2D eigenvalue weighted by molar-refractivity contribution is 0.964. The number of thioether (sulfide) groups is 1. The van der Waals surface area contributed by atoms with Crippen LogP contribution in [0.25, 0.3) is 22.8 Å². The van der Waals surface area contributed by atoms with Crippen LogP contribution < -0.4 is 0 Å². The Balaban J connectivity index is 1.67. The van der Waals surface area contributed by atoms with E-state index in [1.54, 1.807) is 0 Å². The highest BCUT2D eigenvalue weighted by Gasteiger charge is 2.12. The number of hydrogen-bond acceptors (Lipinski definition) is 3. The summed E-state index contributed by atoms with van der Waals surface area (Å²) >= 11 is 4.83. The second-order valence-corrected chi connectivity index (χ2v) is 8.37. The molecule has 0 spiro atoms. The Morgan fingerprint density at radius 3 is 2.64 bits per heavy atom. The number of nitriles is 1. The van der Waals surface area contributed by atoms with E-state index in [9.17, 15) is 5.26 Å². The number of aryl methyl sites for hydroxylation is 1. The van der Waals surface area contributed by atoms with E-state index in [-0.39, 0.29) is 0 Å². The highest BCUT2D eigenvalue weighted by atomic mass is 79.9. The molecule has 0 saturated carbocycles. The molecule has 0 fully saturated rings. The van der Waals surface area contributed by atoms with Crippen molar-refractivity contribution in [2.24, 2.45) is 0 Å². The fourth-order valence-electron chi connectivity index (χ4n) is 3.23. The zero-order valence-corrected chi connectivity index (χ0v) is 17.8. The molecule has 0 amide bonds. The van der Waals surface area contributed by atoms with E-state index in [1.165, 1.54) is 11.8 Å². The van der Waals surface area contributed by atoms with Crippen LogP contribution in [0.4, 0.5) is 0 Å². The third kappa shape index (κ3) is 3.64. The van der Waals surface area contributed by atoms with E-state index >= 15 is 0 Å². The first-order chi connectivity index (χ1) is 13.5. The summed E-state index contributed by atoms with van der Waals surface area (Å²) < 4.78 is 3.24. The van der Waals surface area contributed by atoms with Crippen molar-refractivity contribution in [3.05, 3.63) is 80.9 Å². The van der Waals surface area contributed by atoms with Gasteiger partial charge in [0.1, 0.15) is 6.07 Å². The first-order valence-corrected chi connectivity index (χ1v) is 10.4. The van der Waals surface area contributed by atoms with E-state index in [0.717, 1.165) is 43.3 Å². The van der Waals surface area contributed by atoms with Crippen molar-refractivity contribution < 1.29 is 0 Å². The van der Waals surface area contributed by atoms with Gasteiger partial charge in [-0.25, -0.2) is 4.98 Å².